The minimum Gasteiger partial charge on any atom is -0.318 e. The molecule has 2 N–H and O–H groups in total. The van der Waals surface area contributed by atoms with E-state index in [4.69, 9.17) is 5.73 Å². The third-order valence-electron chi connectivity index (χ3n) is 1.36. The molecular weight excluding hydrogens is 114 g/mol. The molecule has 1 atom stereocenters. The summed E-state index contributed by atoms with van der Waals surface area (Å²) in [6, 6.07) is -0.407. The molecule has 0 aromatic carbocycles. The van der Waals surface area contributed by atoms with E-state index < -0.39 is 6.04 Å². The van der Waals surface area contributed by atoms with Crippen molar-refractivity contribution in [2.75, 3.05) is 0 Å². The highest BCUT2D eigenvalue weighted by Crippen LogP contribution is 2.04. The number of carbonyl (C=O) groups is 1. The first kappa shape index (κ1) is 6.23. The van der Waals surface area contributed by atoms with E-state index in [9.17, 15) is 4.79 Å². The summed E-state index contributed by atoms with van der Waals surface area (Å²) in [4.78, 5) is 10.9. The van der Waals surface area contributed by atoms with Gasteiger partial charge in [0.1, 0.15) is 0 Å². The number of rotatable bonds is 0. The molecule has 0 radical (unpaired) electrons. The van der Waals surface area contributed by atoms with E-state index in [0.29, 0.717) is 0 Å². The number of ketones is 1. The molecule has 9 heavy (non-hydrogen) atoms. The fourth-order valence-corrected chi connectivity index (χ4v) is 0.752. The normalized spacial score (nSPS) is 26.2. The van der Waals surface area contributed by atoms with E-state index in [1.807, 2.05) is 0 Å². The van der Waals surface area contributed by atoms with E-state index >= 15 is 0 Å². The van der Waals surface area contributed by atoms with Crippen LogP contribution < -0.4 is 5.73 Å². The highest BCUT2D eigenvalue weighted by molar-refractivity contribution is 6.01. The van der Waals surface area contributed by atoms with Gasteiger partial charge in [-0.1, -0.05) is 18.2 Å². The van der Waals surface area contributed by atoms with Crippen LogP contribution in [0.3, 0.4) is 0 Å². The molecule has 2 heteroatoms. The summed E-state index contributed by atoms with van der Waals surface area (Å²) in [7, 11) is 0. The van der Waals surface area contributed by atoms with Crippen molar-refractivity contribution in [3.05, 3.63) is 23.8 Å². The lowest BCUT2D eigenvalue weighted by molar-refractivity contribution is -0.115. The van der Waals surface area contributed by atoms with Gasteiger partial charge in [-0.3, -0.25) is 4.79 Å². The minimum atomic E-state index is -0.407. The summed E-state index contributed by atoms with van der Waals surface area (Å²) >= 11 is 0. The van der Waals surface area contributed by atoms with Crippen LogP contribution in [0.2, 0.25) is 0 Å². The smallest absolute Gasteiger partial charge is 0.179 e. The quantitative estimate of drug-likeness (QED) is 0.506. The second kappa shape index (κ2) is 2.15. The molecule has 0 bridgehead atoms. The van der Waals surface area contributed by atoms with Crippen LogP contribution in [0.1, 0.15) is 6.92 Å². The highest BCUT2D eigenvalue weighted by atomic mass is 16.1. The van der Waals surface area contributed by atoms with Gasteiger partial charge >= 0.3 is 0 Å². The Morgan fingerprint density at radius 1 is 1.67 bits per heavy atom. The highest BCUT2D eigenvalue weighted by Gasteiger charge is 2.13. The van der Waals surface area contributed by atoms with Crippen molar-refractivity contribution in [1.82, 2.24) is 0 Å². The van der Waals surface area contributed by atoms with Gasteiger partial charge in [0.2, 0.25) is 0 Å². The van der Waals surface area contributed by atoms with Crippen molar-refractivity contribution in [1.29, 1.82) is 0 Å². The Hall–Kier alpha value is -0.890. The molecular formula is C7H9NO. The zero-order valence-corrected chi connectivity index (χ0v) is 5.29. The van der Waals surface area contributed by atoms with Crippen molar-refractivity contribution < 1.29 is 4.79 Å². The van der Waals surface area contributed by atoms with Gasteiger partial charge in [0, 0.05) is 0 Å². The summed E-state index contributed by atoms with van der Waals surface area (Å²) in [5.74, 6) is 0.0255. The molecule has 1 rings (SSSR count). The predicted octanol–water partition coefficient (Wildman–Crippen LogP) is 0.399. The molecule has 1 aliphatic carbocycles. The van der Waals surface area contributed by atoms with Crippen LogP contribution in [0.15, 0.2) is 23.8 Å². The lowest BCUT2D eigenvalue weighted by atomic mass is 10.0. The first-order chi connectivity index (χ1) is 4.22. The third-order valence-corrected chi connectivity index (χ3v) is 1.36. The van der Waals surface area contributed by atoms with Crippen molar-refractivity contribution in [2.24, 2.45) is 5.73 Å². The molecule has 0 aromatic rings. The minimum absolute atomic E-state index is 0.0255. The molecule has 0 aliphatic heterocycles. The van der Waals surface area contributed by atoms with Crippen LogP contribution in [0.4, 0.5) is 0 Å². The standard InChI is InChI=1S/C7H9NO/c1-5-3-2-4-6(8)7(5)9/h2-4,6H,8H2,1H3. The lowest BCUT2D eigenvalue weighted by Crippen LogP contribution is -2.30. The Morgan fingerprint density at radius 2 is 2.33 bits per heavy atom. The van der Waals surface area contributed by atoms with E-state index in [1.165, 1.54) is 0 Å². The maximum absolute atomic E-state index is 10.9. The zero-order chi connectivity index (χ0) is 6.85. The number of Topliss-reactive ketones (excluding diaryl/α,β-unsaturated/α-hetero) is 1. The molecule has 0 saturated carbocycles. The maximum Gasteiger partial charge on any atom is 0.179 e. The molecule has 0 spiro atoms. The average molecular weight is 123 g/mol. The van der Waals surface area contributed by atoms with Crippen LogP contribution in [-0.2, 0) is 4.79 Å². The van der Waals surface area contributed by atoms with Crippen LogP contribution in [0.25, 0.3) is 0 Å². The van der Waals surface area contributed by atoms with Crippen LogP contribution >= 0.6 is 0 Å². The SMILES string of the molecule is CC1=CC=CC(N)C1=O. The number of nitrogens with two attached hydrogens (primary N) is 1. The Labute approximate surface area is 54.0 Å². The Balaban J connectivity index is 2.86. The summed E-state index contributed by atoms with van der Waals surface area (Å²) < 4.78 is 0. The lowest BCUT2D eigenvalue weighted by Gasteiger charge is -2.08. The van der Waals surface area contributed by atoms with Gasteiger partial charge in [-0.15, -0.1) is 0 Å². The third kappa shape index (κ3) is 1.08. The van der Waals surface area contributed by atoms with Gasteiger partial charge in [-0.25, -0.2) is 0 Å². The zero-order valence-electron chi connectivity index (χ0n) is 5.29. The molecule has 0 saturated heterocycles. The number of carbonyl (C=O) groups excluding carboxylic acids is 1. The van der Waals surface area contributed by atoms with E-state index in [0.717, 1.165) is 5.57 Å². The average Bonchev–Trinajstić information content (AvgIpc) is 1.83. The largest absolute Gasteiger partial charge is 0.318 e. The summed E-state index contributed by atoms with van der Waals surface area (Å²) in [6.07, 6.45) is 5.27. The fourth-order valence-electron chi connectivity index (χ4n) is 0.752. The molecule has 0 heterocycles. The second-order valence-electron chi connectivity index (χ2n) is 2.12. The number of hydrogen-bond acceptors (Lipinski definition) is 2. The van der Waals surface area contributed by atoms with Crippen molar-refractivity contribution >= 4 is 5.78 Å². The molecule has 1 aliphatic rings. The molecule has 2 nitrogen and oxygen atoms in total. The van der Waals surface area contributed by atoms with Crippen LogP contribution in [0.5, 0.6) is 0 Å². The predicted molar refractivity (Wildman–Crippen MR) is 35.9 cm³/mol. The molecule has 0 fully saturated rings. The molecule has 0 amide bonds. The summed E-state index contributed by atoms with van der Waals surface area (Å²) in [5, 5.41) is 0. The Kier molecular flexibility index (Phi) is 1.49. The Morgan fingerprint density at radius 3 is 2.78 bits per heavy atom. The number of hydrogen-bond donors (Lipinski definition) is 1. The van der Waals surface area contributed by atoms with E-state index in [1.54, 1.807) is 25.2 Å². The number of allylic oxidation sites excluding steroid dienone is 2. The van der Waals surface area contributed by atoms with Crippen LogP contribution in [-0.4, -0.2) is 11.8 Å². The van der Waals surface area contributed by atoms with E-state index in [-0.39, 0.29) is 5.78 Å². The van der Waals surface area contributed by atoms with E-state index in [2.05, 4.69) is 0 Å². The molecule has 48 valence electrons. The topological polar surface area (TPSA) is 43.1 Å². The van der Waals surface area contributed by atoms with Gasteiger partial charge in [0.25, 0.3) is 0 Å². The van der Waals surface area contributed by atoms with Gasteiger partial charge in [0.15, 0.2) is 5.78 Å². The van der Waals surface area contributed by atoms with Gasteiger partial charge in [-0.2, -0.15) is 0 Å². The monoisotopic (exact) mass is 123 g/mol. The molecule has 1 unspecified atom stereocenters. The summed E-state index contributed by atoms with van der Waals surface area (Å²) in [5.41, 5.74) is 6.13. The summed E-state index contributed by atoms with van der Waals surface area (Å²) in [6.45, 7) is 1.77. The van der Waals surface area contributed by atoms with Crippen molar-refractivity contribution in [3.63, 3.8) is 0 Å². The van der Waals surface area contributed by atoms with Gasteiger partial charge in [0.05, 0.1) is 6.04 Å². The Bertz CT molecular complexity index is 191. The maximum atomic E-state index is 10.9. The van der Waals surface area contributed by atoms with Gasteiger partial charge in [-0.05, 0) is 12.5 Å². The molecule has 0 aromatic heterocycles. The second-order valence-corrected chi connectivity index (χ2v) is 2.12. The van der Waals surface area contributed by atoms with Gasteiger partial charge < -0.3 is 5.73 Å². The van der Waals surface area contributed by atoms with Crippen LogP contribution in [0, 0.1) is 0 Å². The van der Waals surface area contributed by atoms with Crippen molar-refractivity contribution in [3.8, 4) is 0 Å². The van der Waals surface area contributed by atoms with Crippen molar-refractivity contribution in [2.45, 2.75) is 13.0 Å². The fraction of sp³-hybridized carbons (Fsp3) is 0.286. The first-order valence-corrected chi connectivity index (χ1v) is 2.86. The first-order valence-electron chi connectivity index (χ1n) is 2.86.